The molecule has 2 N–H and O–H groups in total. The monoisotopic (exact) mass is 347 g/mol. The summed E-state index contributed by atoms with van der Waals surface area (Å²) in [6.45, 7) is 0.578. The quantitative estimate of drug-likeness (QED) is 0.708. The number of rotatable bonds is 6. The summed E-state index contributed by atoms with van der Waals surface area (Å²) in [4.78, 5) is 36.9. The highest BCUT2D eigenvalue weighted by Crippen LogP contribution is 2.02. The Labute approximate surface area is 150 Å². The average molecular weight is 347 g/mol. The first-order valence-corrected chi connectivity index (χ1v) is 8.05. The fraction of sp³-hybridized carbons (Fsp3) is 0.105. The second-order valence-electron chi connectivity index (χ2n) is 5.42. The van der Waals surface area contributed by atoms with Gasteiger partial charge in [-0.05, 0) is 36.4 Å². The van der Waals surface area contributed by atoms with Crippen molar-refractivity contribution in [3.63, 3.8) is 0 Å². The van der Waals surface area contributed by atoms with E-state index in [9.17, 15) is 9.59 Å². The Morgan fingerprint density at radius 2 is 1.19 bits per heavy atom. The van der Waals surface area contributed by atoms with Gasteiger partial charge in [-0.15, -0.1) is 0 Å². The highest BCUT2D eigenvalue weighted by atomic mass is 16.2. The molecule has 3 aromatic rings. The van der Waals surface area contributed by atoms with Crippen LogP contribution in [-0.4, -0.2) is 26.8 Å². The van der Waals surface area contributed by atoms with E-state index in [1.807, 2.05) is 24.3 Å². The molecule has 2 amide bonds. The number of carbonyl (C=O) groups excluding carboxylic acids is 2. The van der Waals surface area contributed by atoms with Crippen LogP contribution < -0.4 is 10.6 Å². The fourth-order valence-corrected chi connectivity index (χ4v) is 2.22. The SMILES string of the molecule is O=C(NCc1ccccn1)c1cccc(C(=O)NCc2ccccn2)n1. The van der Waals surface area contributed by atoms with Crippen LogP contribution in [0.3, 0.4) is 0 Å². The van der Waals surface area contributed by atoms with E-state index in [0.717, 1.165) is 11.4 Å². The Morgan fingerprint density at radius 3 is 1.62 bits per heavy atom. The van der Waals surface area contributed by atoms with Gasteiger partial charge >= 0.3 is 0 Å². The normalized spacial score (nSPS) is 10.2. The third-order valence-electron chi connectivity index (χ3n) is 3.53. The predicted octanol–water partition coefficient (Wildman–Crippen LogP) is 1.73. The van der Waals surface area contributed by atoms with Gasteiger partial charge < -0.3 is 10.6 Å². The van der Waals surface area contributed by atoms with Crippen LogP contribution in [0.25, 0.3) is 0 Å². The third kappa shape index (κ3) is 4.70. The van der Waals surface area contributed by atoms with Crippen LogP contribution in [0.15, 0.2) is 67.0 Å². The minimum absolute atomic E-state index is 0.173. The molecule has 0 fully saturated rings. The van der Waals surface area contributed by atoms with Crippen molar-refractivity contribution in [2.75, 3.05) is 0 Å². The van der Waals surface area contributed by atoms with E-state index in [1.165, 1.54) is 0 Å². The molecule has 0 unspecified atom stereocenters. The first kappa shape index (κ1) is 17.2. The molecule has 3 aromatic heterocycles. The molecule has 7 heteroatoms. The number of nitrogens with zero attached hydrogens (tertiary/aromatic N) is 3. The summed E-state index contributed by atoms with van der Waals surface area (Å²) in [5.41, 5.74) is 1.83. The summed E-state index contributed by atoms with van der Waals surface area (Å²) in [5, 5.41) is 5.47. The van der Waals surface area contributed by atoms with Crippen LogP contribution in [0.2, 0.25) is 0 Å². The molecule has 3 heterocycles. The molecule has 0 aliphatic rings. The summed E-state index contributed by atoms with van der Waals surface area (Å²) in [6, 6.07) is 15.7. The maximum atomic E-state index is 12.2. The largest absolute Gasteiger partial charge is 0.345 e. The second-order valence-corrected chi connectivity index (χ2v) is 5.42. The van der Waals surface area contributed by atoms with E-state index in [4.69, 9.17) is 0 Å². The molecule has 0 spiro atoms. The van der Waals surface area contributed by atoms with Crippen LogP contribution in [-0.2, 0) is 13.1 Å². The second kappa shape index (κ2) is 8.48. The molecule has 0 saturated heterocycles. The lowest BCUT2D eigenvalue weighted by molar-refractivity contribution is 0.0941. The Morgan fingerprint density at radius 1 is 0.692 bits per heavy atom. The van der Waals surface area contributed by atoms with Gasteiger partial charge in [0.05, 0.1) is 24.5 Å². The molecule has 0 aliphatic carbocycles. The van der Waals surface area contributed by atoms with Crippen LogP contribution in [0.4, 0.5) is 0 Å². The summed E-state index contributed by atoms with van der Waals surface area (Å²) in [6.07, 6.45) is 3.32. The predicted molar refractivity (Wildman–Crippen MR) is 95.1 cm³/mol. The number of hydrogen-bond acceptors (Lipinski definition) is 5. The molecule has 0 aliphatic heterocycles. The van der Waals surface area contributed by atoms with E-state index in [1.54, 1.807) is 42.7 Å². The molecule has 0 radical (unpaired) electrons. The molecule has 130 valence electrons. The summed E-state index contributed by atoms with van der Waals surface area (Å²) >= 11 is 0. The lowest BCUT2D eigenvalue weighted by Crippen LogP contribution is -2.27. The first-order valence-electron chi connectivity index (χ1n) is 8.05. The van der Waals surface area contributed by atoms with Crippen molar-refractivity contribution >= 4 is 11.8 Å². The van der Waals surface area contributed by atoms with Crippen molar-refractivity contribution in [3.8, 4) is 0 Å². The number of hydrogen-bond donors (Lipinski definition) is 2. The van der Waals surface area contributed by atoms with E-state index in [-0.39, 0.29) is 36.3 Å². The molecule has 0 bridgehead atoms. The Bertz CT molecular complexity index is 814. The minimum Gasteiger partial charge on any atom is -0.345 e. The van der Waals surface area contributed by atoms with Crippen LogP contribution >= 0.6 is 0 Å². The van der Waals surface area contributed by atoms with Gasteiger partial charge in [-0.2, -0.15) is 0 Å². The lowest BCUT2D eigenvalue weighted by Gasteiger charge is -2.07. The maximum Gasteiger partial charge on any atom is 0.270 e. The van der Waals surface area contributed by atoms with E-state index >= 15 is 0 Å². The zero-order chi connectivity index (χ0) is 18.2. The van der Waals surface area contributed by atoms with Gasteiger partial charge in [0, 0.05) is 12.4 Å². The molecule has 0 saturated carbocycles. The average Bonchev–Trinajstić information content (AvgIpc) is 2.72. The number of pyridine rings is 3. The van der Waals surface area contributed by atoms with Crippen molar-refractivity contribution in [2.24, 2.45) is 0 Å². The standard InChI is InChI=1S/C19H17N5O2/c25-18(22-12-14-6-1-3-10-20-14)16-8-5-9-17(24-16)19(26)23-13-15-7-2-4-11-21-15/h1-11H,12-13H2,(H,22,25)(H,23,26). The summed E-state index contributed by atoms with van der Waals surface area (Å²) in [7, 11) is 0. The fourth-order valence-electron chi connectivity index (χ4n) is 2.22. The van der Waals surface area contributed by atoms with Crippen LogP contribution in [0, 0.1) is 0 Å². The number of amides is 2. The molecule has 26 heavy (non-hydrogen) atoms. The van der Waals surface area contributed by atoms with Gasteiger partial charge in [-0.25, -0.2) is 4.98 Å². The third-order valence-corrected chi connectivity index (χ3v) is 3.53. The topological polar surface area (TPSA) is 96.9 Å². The van der Waals surface area contributed by atoms with Gasteiger partial charge in [-0.3, -0.25) is 19.6 Å². The highest BCUT2D eigenvalue weighted by molar-refractivity contribution is 5.96. The number of carbonyl (C=O) groups is 2. The molecule has 7 nitrogen and oxygen atoms in total. The Balaban J connectivity index is 1.60. The lowest BCUT2D eigenvalue weighted by atomic mass is 10.2. The zero-order valence-corrected chi connectivity index (χ0v) is 13.9. The molecule has 3 rings (SSSR count). The van der Waals surface area contributed by atoms with Crippen molar-refractivity contribution in [1.82, 2.24) is 25.6 Å². The molecular formula is C19H17N5O2. The first-order chi connectivity index (χ1) is 12.7. The smallest absolute Gasteiger partial charge is 0.270 e. The van der Waals surface area contributed by atoms with Crippen molar-refractivity contribution < 1.29 is 9.59 Å². The van der Waals surface area contributed by atoms with Gasteiger partial charge in [-0.1, -0.05) is 18.2 Å². The van der Waals surface area contributed by atoms with Crippen molar-refractivity contribution in [3.05, 3.63) is 89.8 Å². The van der Waals surface area contributed by atoms with Crippen molar-refractivity contribution in [2.45, 2.75) is 13.1 Å². The van der Waals surface area contributed by atoms with Gasteiger partial charge in [0.25, 0.3) is 11.8 Å². The number of aromatic nitrogens is 3. The Hall–Kier alpha value is -3.61. The minimum atomic E-state index is -0.366. The summed E-state index contributed by atoms with van der Waals surface area (Å²) in [5.74, 6) is -0.731. The summed E-state index contributed by atoms with van der Waals surface area (Å²) < 4.78 is 0. The Kier molecular flexibility index (Phi) is 5.61. The number of nitrogens with one attached hydrogen (secondary N) is 2. The molecular weight excluding hydrogens is 330 g/mol. The van der Waals surface area contributed by atoms with E-state index < -0.39 is 0 Å². The van der Waals surface area contributed by atoms with Crippen LogP contribution in [0.1, 0.15) is 32.4 Å². The van der Waals surface area contributed by atoms with Gasteiger partial charge in [0.1, 0.15) is 11.4 Å². The maximum absolute atomic E-state index is 12.2. The molecule has 0 atom stereocenters. The van der Waals surface area contributed by atoms with E-state index in [0.29, 0.717) is 0 Å². The van der Waals surface area contributed by atoms with Gasteiger partial charge in [0.2, 0.25) is 0 Å². The zero-order valence-electron chi connectivity index (χ0n) is 13.9. The van der Waals surface area contributed by atoms with E-state index in [2.05, 4.69) is 25.6 Å². The molecule has 0 aromatic carbocycles. The highest BCUT2D eigenvalue weighted by Gasteiger charge is 2.12. The van der Waals surface area contributed by atoms with Crippen molar-refractivity contribution in [1.29, 1.82) is 0 Å². The van der Waals surface area contributed by atoms with Gasteiger partial charge in [0.15, 0.2) is 0 Å². The van der Waals surface area contributed by atoms with Crippen LogP contribution in [0.5, 0.6) is 0 Å².